The van der Waals surface area contributed by atoms with Crippen LogP contribution in [-0.2, 0) is 0 Å². The molecule has 0 aromatic rings. The lowest BCUT2D eigenvalue weighted by Gasteiger charge is -1.95. The predicted molar refractivity (Wildman–Crippen MR) is 61.9 cm³/mol. The van der Waals surface area contributed by atoms with E-state index in [1.807, 2.05) is 12.2 Å². The van der Waals surface area contributed by atoms with Gasteiger partial charge in [-0.05, 0) is 18.9 Å². The molecule has 0 aliphatic rings. The van der Waals surface area contributed by atoms with Crippen molar-refractivity contribution in [3.8, 4) is 0 Å². The molecular weight excluding hydrogens is 174 g/mol. The molecule has 0 heterocycles. The molecule has 0 saturated carbocycles. The number of hydrogen-bond acceptors (Lipinski definition) is 2. The molecule has 0 aliphatic carbocycles. The van der Waals surface area contributed by atoms with Gasteiger partial charge < -0.3 is 5.21 Å². The van der Waals surface area contributed by atoms with Crippen LogP contribution in [0, 0.1) is 0 Å². The van der Waals surface area contributed by atoms with Crippen molar-refractivity contribution < 1.29 is 5.21 Å². The molecule has 0 atom stereocenters. The van der Waals surface area contributed by atoms with E-state index in [4.69, 9.17) is 5.21 Å². The summed E-state index contributed by atoms with van der Waals surface area (Å²) in [4.78, 5) is 0. The van der Waals surface area contributed by atoms with E-state index >= 15 is 0 Å². The van der Waals surface area contributed by atoms with Gasteiger partial charge in [0.1, 0.15) is 0 Å². The lowest BCUT2D eigenvalue weighted by molar-refractivity contribution is 0.322. The van der Waals surface area contributed by atoms with Crippen LogP contribution in [0.2, 0.25) is 0 Å². The van der Waals surface area contributed by atoms with Crippen LogP contribution >= 0.6 is 0 Å². The van der Waals surface area contributed by atoms with Crippen LogP contribution in [0.1, 0.15) is 45.4 Å². The second-order valence-corrected chi connectivity index (χ2v) is 3.28. The van der Waals surface area contributed by atoms with Crippen LogP contribution in [0.25, 0.3) is 0 Å². The fraction of sp³-hybridized carbons (Fsp3) is 0.583. The van der Waals surface area contributed by atoms with Crippen molar-refractivity contribution in [1.82, 2.24) is 0 Å². The summed E-state index contributed by atoms with van der Waals surface area (Å²) in [6.45, 7) is 2.23. The second-order valence-electron chi connectivity index (χ2n) is 3.28. The van der Waals surface area contributed by atoms with Gasteiger partial charge in [-0.25, -0.2) is 0 Å². The van der Waals surface area contributed by atoms with E-state index in [-0.39, 0.29) is 0 Å². The Morgan fingerprint density at radius 3 is 2.50 bits per heavy atom. The Kier molecular flexibility index (Phi) is 11.1. The maximum atomic E-state index is 8.08. The summed E-state index contributed by atoms with van der Waals surface area (Å²) < 4.78 is 0. The predicted octanol–water partition coefficient (Wildman–Crippen LogP) is 3.92. The van der Waals surface area contributed by atoms with Gasteiger partial charge in [-0.15, -0.1) is 0 Å². The van der Waals surface area contributed by atoms with E-state index in [0.717, 1.165) is 6.42 Å². The van der Waals surface area contributed by atoms with Gasteiger partial charge in [0.25, 0.3) is 0 Å². The molecule has 0 aromatic heterocycles. The highest BCUT2D eigenvalue weighted by Crippen LogP contribution is 2.05. The van der Waals surface area contributed by atoms with E-state index in [2.05, 4.69) is 18.2 Å². The van der Waals surface area contributed by atoms with Gasteiger partial charge in [0.15, 0.2) is 0 Å². The zero-order chi connectivity index (χ0) is 10.5. The second kappa shape index (κ2) is 11.9. The van der Waals surface area contributed by atoms with Crippen molar-refractivity contribution in [2.24, 2.45) is 5.16 Å². The molecule has 0 rings (SSSR count). The van der Waals surface area contributed by atoms with Gasteiger partial charge in [0.2, 0.25) is 0 Å². The lowest BCUT2D eigenvalue weighted by Crippen LogP contribution is -1.75. The molecule has 0 aliphatic heterocycles. The molecule has 0 unspecified atom stereocenters. The third-order valence-electron chi connectivity index (χ3n) is 1.99. The first-order valence-electron chi connectivity index (χ1n) is 5.41. The Bertz CT molecular complexity index is 183. The Labute approximate surface area is 87.0 Å². The van der Waals surface area contributed by atoms with Crippen molar-refractivity contribution in [3.63, 3.8) is 0 Å². The van der Waals surface area contributed by atoms with E-state index in [9.17, 15) is 0 Å². The normalized spacial score (nSPS) is 12.4. The molecule has 0 radical (unpaired) electrons. The Morgan fingerprint density at radius 1 is 1.00 bits per heavy atom. The molecule has 2 nitrogen and oxygen atoms in total. The summed E-state index contributed by atoms with van der Waals surface area (Å²) in [5, 5.41) is 10.9. The number of hydrogen-bond donors (Lipinski definition) is 1. The van der Waals surface area contributed by atoms with Gasteiger partial charge in [0.05, 0.1) is 6.21 Å². The highest BCUT2D eigenvalue weighted by molar-refractivity contribution is 5.70. The summed E-state index contributed by atoms with van der Waals surface area (Å²) in [5.41, 5.74) is 0. The SMILES string of the molecule is CCCCCCCC=CC=CC=NO. The molecule has 2 heteroatoms. The molecule has 1 N–H and O–H groups in total. The maximum Gasteiger partial charge on any atom is 0.0661 e. The van der Waals surface area contributed by atoms with E-state index in [0.29, 0.717) is 0 Å². The van der Waals surface area contributed by atoms with E-state index in [1.165, 1.54) is 38.3 Å². The number of allylic oxidation sites excluding steroid dienone is 4. The molecular formula is C12H21NO. The Morgan fingerprint density at radius 2 is 1.79 bits per heavy atom. The number of unbranched alkanes of at least 4 members (excludes halogenated alkanes) is 5. The number of nitrogens with zero attached hydrogens (tertiary/aromatic N) is 1. The van der Waals surface area contributed by atoms with Crippen LogP contribution in [-0.4, -0.2) is 11.4 Å². The van der Waals surface area contributed by atoms with Gasteiger partial charge in [-0.3, -0.25) is 0 Å². The highest BCUT2D eigenvalue weighted by Gasteiger charge is 1.85. The summed E-state index contributed by atoms with van der Waals surface area (Å²) in [7, 11) is 0. The van der Waals surface area contributed by atoms with Crippen LogP contribution < -0.4 is 0 Å². The van der Waals surface area contributed by atoms with Crippen molar-refractivity contribution in [1.29, 1.82) is 0 Å². The molecule has 0 spiro atoms. The highest BCUT2D eigenvalue weighted by atomic mass is 16.4. The smallest absolute Gasteiger partial charge is 0.0661 e. The fourth-order valence-corrected chi connectivity index (χ4v) is 1.19. The molecule has 0 bridgehead atoms. The largest absolute Gasteiger partial charge is 0.411 e. The number of oxime groups is 1. The first-order valence-corrected chi connectivity index (χ1v) is 5.41. The molecule has 14 heavy (non-hydrogen) atoms. The number of rotatable bonds is 8. The van der Waals surface area contributed by atoms with E-state index < -0.39 is 0 Å². The van der Waals surface area contributed by atoms with Crippen LogP contribution in [0.15, 0.2) is 29.5 Å². The zero-order valence-corrected chi connectivity index (χ0v) is 9.02. The van der Waals surface area contributed by atoms with Crippen molar-refractivity contribution in [2.45, 2.75) is 45.4 Å². The van der Waals surface area contributed by atoms with Crippen LogP contribution in [0.3, 0.4) is 0 Å². The third kappa shape index (κ3) is 11.0. The van der Waals surface area contributed by atoms with Crippen molar-refractivity contribution >= 4 is 6.21 Å². The Balaban J connectivity index is 3.18. The van der Waals surface area contributed by atoms with Gasteiger partial charge >= 0.3 is 0 Å². The van der Waals surface area contributed by atoms with Crippen LogP contribution in [0.5, 0.6) is 0 Å². The fourth-order valence-electron chi connectivity index (χ4n) is 1.19. The Hall–Kier alpha value is -1.05. The quantitative estimate of drug-likeness (QED) is 0.206. The average Bonchev–Trinajstić information content (AvgIpc) is 2.21. The third-order valence-corrected chi connectivity index (χ3v) is 1.99. The molecule has 0 amide bonds. The minimum atomic E-state index is 1.14. The maximum absolute atomic E-state index is 8.08. The van der Waals surface area contributed by atoms with Crippen molar-refractivity contribution in [2.75, 3.05) is 0 Å². The van der Waals surface area contributed by atoms with Gasteiger partial charge in [-0.2, -0.15) is 0 Å². The first-order chi connectivity index (χ1) is 6.91. The monoisotopic (exact) mass is 195 g/mol. The molecule has 0 saturated heterocycles. The minimum Gasteiger partial charge on any atom is -0.411 e. The zero-order valence-electron chi connectivity index (χ0n) is 9.02. The summed E-state index contributed by atoms with van der Waals surface area (Å²) in [5.74, 6) is 0. The van der Waals surface area contributed by atoms with E-state index in [1.54, 1.807) is 6.08 Å². The lowest BCUT2D eigenvalue weighted by atomic mass is 10.1. The summed E-state index contributed by atoms with van der Waals surface area (Å²) in [6, 6.07) is 0. The van der Waals surface area contributed by atoms with Gasteiger partial charge in [0, 0.05) is 0 Å². The standard InChI is InChI=1S/C12H21NO/c1-2-3-4-5-6-7-8-9-10-11-12-13-14/h8-12,14H,2-7H2,1H3. The summed E-state index contributed by atoms with van der Waals surface area (Å²) >= 11 is 0. The molecule has 0 fully saturated rings. The summed E-state index contributed by atoms with van der Waals surface area (Å²) in [6.07, 6.45) is 16.8. The topological polar surface area (TPSA) is 32.6 Å². The van der Waals surface area contributed by atoms with Crippen molar-refractivity contribution in [3.05, 3.63) is 24.3 Å². The average molecular weight is 195 g/mol. The molecule has 80 valence electrons. The van der Waals surface area contributed by atoms with Gasteiger partial charge in [-0.1, -0.05) is 56.0 Å². The van der Waals surface area contributed by atoms with Crippen LogP contribution in [0.4, 0.5) is 0 Å². The molecule has 0 aromatic carbocycles. The first kappa shape index (κ1) is 12.9. The minimum absolute atomic E-state index is 1.14.